The number of nitrogens with zero attached hydrogens (tertiary/aromatic N) is 1. The number of methoxy groups -OCH3 is 2. The molecule has 0 heterocycles. The van der Waals surface area contributed by atoms with Gasteiger partial charge in [-0.2, -0.15) is 0 Å². The van der Waals surface area contributed by atoms with E-state index < -0.39 is 22.5 Å². The third-order valence-electron chi connectivity index (χ3n) is 5.03. The molecule has 1 amide bonds. The fourth-order valence-corrected chi connectivity index (χ4v) is 4.63. The van der Waals surface area contributed by atoms with Crippen molar-refractivity contribution in [2.45, 2.75) is 18.4 Å². The van der Waals surface area contributed by atoms with Crippen LogP contribution in [0.25, 0.3) is 0 Å². The van der Waals surface area contributed by atoms with Crippen molar-refractivity contribution in [1.29, 1.82) is 0 Å². The molecule has 0 aliphatic carbocycles. The number of amides is 1. The van der Waals surface area contributed by atoms with Gasteiger partial charge in [-0.25, -0.2) is 8.42 Å². The highest BCUT2D eigenvalue weighted by Gasteiger charge is 2.29. The molecule has 1 N–H and O–H groups in total. The van der Waals surface area contributed by atoms with Crippen molar-refractivity contribution < 1.29 is 22.7 Å². The molecule has 0 unspecified atom stereocenters. The average Bonchev–Trinajstić information content (AvgIpc) is 2.82. The van der Waals surface area contributed by atoms with Crippen LogP contribution in [0.1, 0.15) is 11.1 Å². The molecule has 0 aliphatic rings. The van der Waals surface area contributed by atoms with Gasteiger partial charge in [0.1, 0.15) is 18.0 Å². The molecule has 8 heteroatoms. The Kier molecular flexibility index (Phi) is 7.37. The van der Waals surface area contributed by atoms with E-state index in [9.17, 15) is 13.2 Å². The van der Waals surface area contributed by atoms with E-state index >= 15 is 0 Å². The van der Waals surface area contributed by atoms with Crippen LogP contribution in [0.5, 0.6) is 11.5 Å². The Balaban J connectivity index is 1.92. The van der Waals surface area contributed by atoms with Crippen LogP contribution < -0.4 is 19.1 Å². The second-order valence-corrected chi connectivity index (χ2v) is 8.92. The van der Waals surface area contributed by atoms with Gasteiger partial charge >= 0.3 is 0 Å². The highest BCUT2D eigenvalue weighted by Crippen LogP contribution is 2.32. The van der Waals surface area contributed by atoms with E-state index in [1.54, 1.807) is 36.4 Å². The minimum Gasteiger partial charge on any atom is -0.497 e. The van der Waals surface area contributed by atoms with Crippen molar-refractivity contribution in [1.82, 2.24) is 5.32 Å². The Morgan fingerprint density at radius 2 is 1.56 bits per heavy atom. The predicted molar refractivity (Wildman–Crippen MR) is 124 cm³/mol. The van der Waals surface area contributed by atoms with E-state index in [0.717, 1.165) is 15.4 Å². The Labute approximate surface area is 188 Å². The maximum atomic E-state index is 13.5. The lowest BCUT2D eigenvalue weighted by molar-refractivity contribution is -0.119. The lowest BCUT2D eigenvalue weighted by Gasteiger charge is -2.25. The number of hydrogen-bond acceptors (Lipinski definition) is 5. The molecule has 0 saturated carbocycles. The quantitative estimate of drug-likeness (QED) is 0.535. The molecule has 32 heavy (non-hydrogen) atoms. The number of sulfonamides is 1. The zero-order valence-electron chi connectivity index (χ0n) is 18.2. The third kappa shape index (κ3) is 5.20. The van der Waals surface area contributed by atoms with Crippen LogP contribution in [0, 0.1) is 6.92 Å². The Bertz CT molecular complexity index is 1180. The van der Waals surface area contributed by atoms with Gasteiger partial charge in [0.25, 0.3) is 10.0 Å². The van der Waals surface area contributed by atoms with E-state index in [2.05, 4.69) is 5.32 Å². The fourth-order valence-electron chi connectivity index (χ4n) is 3.20. The molecule has 0 atom stereocenters. The van der Waals surface area contributed by atoms with Gasteiger partial charge in [0.05, 0.1) is 24.8 Å². The van der Waals surface area contributed by atoms with Gasteiger partial charge in [0, 0.05) is 6.54 Å². The number of hydrogen-bond donors (Lipinski definition) is 1. The monoisotopic (exact) mass is 454 g/mol. The second-order valence-electron chi connectivity index (χ2n) is 7.06. The van der Waals surface area contributed by atoms with Crippen molar-refractivity contribution in [2.75, 3.05) is 25.1 Å². The molecule has 3 rings (SSSR count). The van der Waals surface area contributed by atoms with Crippen molar-refractivity contribution in [3.8, 4) is 11.5 Å². The Morgan fingerprint density at radius 3 is 2.22 bits per heavy atom. The first-order valence-electron chi connectivity index (χ1n) is 9.98. The molecule has 0 spiro atoms. The number of nitrogens with one attached hydrogen (secondary N) is 1. The molecule has 0 fully saturated rings. The third-order valence-corrected chi connectivity index (χ3v) is 6.80. The maximum absolute atomic E-state index is 13.5. The van der Waals surface area contributed by atoms with E-state index in [4.69, 9.17) is 9.47 Å². The number of para-hydroxylation sites is 2. The number of carbonyl (C=O) groups excluding carboxylic acids is 1. The molecule has 0 radical (unpaired) electrons. The van der Waals surface area contributed by atoms with Crippen LogP contribution in [0.2, 0.25) is 0 Å². The van der Waals surface area contributed by atoms with Gasteiger partial charge in [0.15, 0.2) is 0 Å². The SMILES string of the molecule is COc1ccc(S(=O)(=O)N(CC(=O)NCc2ccccc2C)c2ccccc2OC)cc1. The number of rotatable bonds is 9. The summed E-state index contributed by atoms with van der Waals surface area (Å²) in [6.07, 6.45) is 0. The van der Waals surface area contributed by atoms with Crippen LogP contribution in [0.4, 0.5) is 5.69 Å². The molecular weight excluding hydrogens is 428 g/mol. The smallest absolute Gasteiger partial charge is 0.264 e. The van der Waals surface area contributed by atoms with Crippen molar-refractivity contribution in [3.63, 3.8) is 0 Å². The minimum atomic E-state index is -4.06. The highest BCUT2D eigenvalue weighted by atomic mass is 32.2. The predicted octanol–water partition coefficient (Wildman–Crippen LogP) is 3.52. The summed E-state index contributed by atoms with van der Waals surface area (Å²) < 4.78 is 38.6. The number of benzene rings is 3. The van der Waals surface area contributed by atoms with Crippen LogP contribution in [-0.4, -0.2) is 35.1 Å². The number of anilines is 1. The number of carbonyl (C=O) groups is 1. The molecule has 3 aromatic rings. The second kappa shape index (κ2) is 10.2. The van der Waals surface area contributed by atoms with Crippen LogP contribution >= 0.6 is 0 Å². The summed E-state index contributed by atoms with van der Waals surface area (Å²) in [6.45, 7) is 1.85. The van der Waals surface area contributed by atoms with Crippen molar-refractivity contribution in [2.24, 2.45) is 0 Å². The first kappa shape index (κ1) is 23.1. The summed E-state index contributed by atoms with van der Waals surface area (Å²) in [7, 11) is -1.10. The van der Waals surface area contributed by atoms with Gasteiger partial charge < -0.3 is 14.8 Å². The van der Waals surface area contributed by atoms with Gasteiger partial charge in [-0.3, -0.25) is 9.10 Å². The normalized spacial score (nSPS) is 11.0. The van der Waals surface area contributed by atoms with E-state index in [0.29, 0.717) is 18.0 Å². The lowest BCUT2D eigenvalue weighted by atomic mass is 10.1. The first-order chi connectivity index (χ1) is 15.4. The fraction of sp³-hybridized carbons (Fsp3) is 0.208. The van der Waals surface area contributed by atoms with Crippen LogP contribution in [0.15, 0.2) is 77.7 Å². The largest absolute Gasteiger partial charge is 0.497 e. The zero-order valence-corrected chi connectivity index (χ0v) is 19.1. The standard InChI is InChI=1S/C24H26N2O5S/c1-18-8-4-5-9-19(18)16-25-24(27)17-26(22-10-6-7-11-23(22)31-3)32(28,29)21-14-12-20(30-2)13-15-21/h4-15H,16-17H2,1-3H3,(H,25,27). The van der Waals surface area contributed by atoms with Gasteiger partial charge in [0.2, 0.25) is 5.91 Å². The lowest BCUT2D eigenvalue weighted by Crippen LogP contribution is -2.41. The molecule has 0 aromatic heterocycles. The summed E-state index contributed by atoms with van der Waals surface area (Å²) in [4.78, 5) is 12.8. The average molecular weight is 455 g/mol. The van der Waals surface area contributed by atoms with Crippen LogP contribution in [0.3, 0.4) is 0 Å². The minimum absolute atomic E-state index is 0.0379. The molecule has 7 nitrogen and oxygen atoms in total. The van der Waals surface area contributed by atoms with Crippen LogP contribution in [-0.2, 0) is 21.4 Å². The topological polar surface area (TPSA) is 84.9 Å². The molecular formula is C24H26N2O5S. The molecule has 0 saturated heterocycles. The van der Waals surface area contributed by atoms with Gasteiger partial charge in [-0.1, -0.05) is 36.4 Å². The van der Waals surface area contributed by atoms with E-state index in [-0.39, 0.29) is 10.6 Å². The summed E-state index contributed by atoms with van der Waals surface area (Å²) >= 11 is 0. The number of ether oxygens (including phenoxy) is 2. The summed E-state index contributed by atoms with van der Waals surface area (Å²) in [6, 6.07) is 20.4. The zero-order chi connectivity index (χ0) is 23.1. The van der Waals surface area contributed by atoms with E-state index in [1.165, 1.54) is 26.4 Å². The highest BCUT2D eigenvalue weighted by molar-refractivity contribution is 7.92. The first-order valence-corrected chi connectivity index (χ1v) is 11.4. The summed E-state index contributed by atoms with van der Waals surface area (Å²) in [5.74, 6) is 0.441. The van der Waals surface area contributed by atoms with Gasteiger partial charge in [-0.15, -0.1) is 0 Å². The molecule has 168 valence electrons. The summed E-state index contributed by atoms with van der Waals surface area (Å²) in [5, 5.41) is 2.81. The van der Waals surface area contributed by atoms with Crippen molar-refractivity contribution in [3.05, 3.63) is 83.9 Å². The van der Waals surface area contributed by atoms with Gasteiger partial charge in [-0.05, 0) is 54.4 Å². The maximum Gasteiger partial charge on any atom is 0.264 e. The summed E-state index contributed by atoms with van der Waals surface area (Å²) in [5.41, 5.74) is 2.28. The van der Waals surface area contributed by atoms with Crippen molar-refractivity contribution >= 4 is 21.6 Å². The Morgan fingerprint density at radius 1 is 0.906 bits per heavy atom. The van der Waals surface area contributed by atoms with E-state index in [1.807, 2.05) is 31.2 Å². The molecule has 0 bridgehead atoms. The molecule has 3 aromatic carbocycles. The number of aryl methyl sites for hydroxylation is 1. The Hall–Kier alpha value is -3.52. The molecule has 0 aliphatic heterocycles.